The molecule has 1 unspecified atom stereocenters. The van der Waals surface area contributed by atoms with E-state index in [0.29, 0.717) is 0 Å². The number of aliphatic hydroxyl groups is 3. The predicted octanol–water partition coefficient (Wildman–Crippen LogP) is 0.0921. The molecule has 5 N–H and O–H groups in total. The van der Waals surface area contributed by atoms with E-state index in [2.05, 4.69) is 5.32 Å². The molecule has 0 spiro atoms. The van der Waals surface area contributed by atoms with Gasteiger partial charge < -0.3 is 30.6 Å². The zero-order valence-corrected chi connectivity index (χ0v) is 13.8. The molecule has 0 bridgehead atoms. The number of carbonyl (C=O) groups excluding carboxylic acids is 1. The van der Waals surface area contributed by atoms with Gasteiger partial charge in [-0.25, -0.2) is 4.79 Å². The highest BCUT2D eigenvalue weighted by Gasteiger charge is 2.41. The topological polar surface area (TPSA) is 130 Å². The van der Waals surface area contributed by atoms with E-state index in [1.165, 1.54) is 0 Å². The average Bonchev–Trinajstić information content (AvgIpc) is 2.62. The summed E-state index contributed by atoms with van der Waals surface area (Å²) < 4.78 is 0. The Bertz CT molecular complexity index is 586. The number of carboxylic acid groups (broad SMARTS) is 1. The van der Waals surface area contributed by atoms with E-state index in [9.17, 15) is 19.8 Å². The molecular weight excluding hydrogens is 328 g/mol. The van der Waals surface area contributed by atoms with Crippen molar-refractivity contribution in [2.45, 2.75) is 37.0 Å². The summed E-state index contributed by atoms with van der Waals surface area (Å²) in [5.74, 6) is -0.600. The summed E-state index contributed by atoms with van der Waals surface area (Å²) in [4.78, 5) is 24.7. The smallest absolute Gasteiger partial charge is 0.407 e. The number of likely N-dealkylation sites (tertiary alicyclic amines) is 1. The Labute approximate surface area is 145 Å². The third-order valence-electron chi connectivity index (χ3n) is 4.51. The first-order valence-corrected chi connectivity index (χ1v) is 8.21. The van der Waals surface area contributed by atoms with Gasteiger partial charge in [-0.15, -0.1) is 0 Å². The number of aliphatic hydroxyl groups excluding tert-OH is 2. The van der Waals surface area contributed by atoms with Crippen LogP contribution in [0.2, 0.25) is 0 Å². The fourth-order valence-electron chi connectivity index (χ4n) is 2.90. The van der Waals surface area contributed by atoms with Crippen molar-refractivity contribution in [2.24, 2.45) is 0 Å². The molecule has 0 radical (unpaired) electrons. The second-order valence-electron chi connectivity index (χ2n) is 6.31. The predicted molar refractivity (Wildman–Crippen MR) is 88.8 cm³/mol. The molecule has 2 atom stereocenters. The first-order chi connectivity index (χ1) is 11.9. The van der Waals surface area contributed by atoms with Crippen LogP contribution < -0.4 is 5.32 Å². The number of hydrogen-bond donors (Lipinski definition) is 5. The molecule has 0 aliphatic carbocycles. The Kier molecular flexibility index (Phi) is 6.35. The van der Waals surface area contributed by atoms with Crippen LogP contribution in [0.5, 0.6) is 0 Å². The van der Waals surface area contributed by atoms with Crippen molar-refractivity contribution in [3.8, 4) is 0 Å². The molecule has 0 saturated carbocycles. The number of nitrogens with one attached hydrogen (secondary N) is 1. The van der Waals surface area contributed by atoms with Gasteiger partial charge in [0.15, 0.2) is 0 Å². The molecule has 0 aromatic heterocycles. The van der Waals surface area contributed by atoms with Gasteiger partial charge in [-0.1, -0.05) is 30.3 Å². The first kappa shape index (κ1) is 19.2. The maximum Gasteiger partial charge on any atom is 0.407 e. The summed E-state index contributed by atoms with van der Waals surface area (Å²) in [6.07, 6.45) is -1.96. The van der Waals surface area contributed by atoms with Gasteiger partial charge in [0.25, 0.3) is 5.91 Å². The standard InChI is InChI=1S/C17H24N2O6/c20-11-13(21)10-14(12-4-2-1-3-5-12)18-15(22)17(25)6-8-19(9-7-17)16(23)24/h1-5,13-14,20-21,25H,6-11H2,(H,18,22)(H,23,24)/t13?,14-/m0/s1. The van der Waals surface area contributed by atoms with E-state index >= 15 is 0 Å². The van der Waals surface area contributed by atoms with Gasteiger partial charge in [-0.05, 0) is 12.0 Å². The van der Waals surface area contributed by atoms with Crippen LogP contribution >= 0.6 is 0 Å². The first-order valence-electron chi connectivity index (χ1n) is 8.21. The van der Waals surface area contributed by atoms with Crippen molar-refractivity contribution in [2.75, 3.05) is 19.7 Å². The number of nitrogens with zero attached hydrogens (tertiary/aromatic N) is 1. The van der Waals surface area contributed by atoms with Crippen LogP contribution in [0.4, 0.5) is 4.79 Å². The summed E-state index contributed by atoms with van der Waals surface area (Å²) in [6.45, 7) is -0.278. The summed E-state index contributed by atoms with van der Waals surface area (Å²) >= 11 is 0. The Morgan fingerprint density at radius 3 is 2.32 bits per heavy atom. The number of piperidine rings is 1. The van der Waals surface area contributed by atoms with Crippen molar-refractivity contribution >= 4 is 12.0 Å². The zero-order chi connectivity index (χ0) is 18.4. The monoisotopic (exact) mass is 352 g/mol. The van der Waals surface area contributed by atoms with Gasteiger partial charge in [-0.3, -0.25) is 4.79 Å². The van der Waals surface area contributed by atoms with Crippen LogP contribution in [-0.4, -0.2) is 68.7 Å². The van der Waals surface area contributed by atoms with Crippen LogP contribution in [0, 0.1) is 0 Å². The van der Waals surface area contributed by atoms with E-state index < -0.39 is 36.4 Å². The van der Waals surface area contributed by atoms with Crippen molar-refractivity contribution in [3.63, 3.8) is 0 Å². The number of benzene rings is 1. The maximum atomic E-state index is 12.6. The number of amides is 2. The van der Waals surface area contributed by atoms with Crippen LogP contribution in [-0.2, 0) is 4.79 Å². The molecule has 1 heterocycles. The summed E-state index contributed by atoms with van der Waals surface area (Å²) in [5, 5.41) is 41.1. The molecule has 1 aliphatic rings. The zero-order valence-electron chi connectivity index (χ0n) is 13.8. The van der Waals surface area contributed by atoms with Crippen LogP contribution in [0.3, 0.4) is 0 Å². The van der Waals surface area contributed by atoms with Gasteiger partial charge >= 0.3 is 6.09 Å². The molecular formula is C17H24N2O6. The molecule has 1 saturated heterocycles. The third-order valence-corrected chi connectivity index (χ3v) is 4.51. The minimum Gasteiger partial charge on any atom is -0.465 e. The lowest BCUT2D eigenvalue weighted by Crippen LogP contribution is -2.55. The largest absolute Gasteiger partial charge is 0.465 e. The minimum absolute atomic E-state index is 0.00912. The van der Waals surface area contributed by atoms with E-state index in [1.807, 2.05) is 6.07 Å². The molecule has 8 heteroatoms. The molecule has 1 aromatic rings. The Morgan fingerprint density at radius 1 is 1.20 bits per heavy atom. The summed E-state index contributed by atoms with van der Waals surface area (Å²) in [6, 6.07) is 8.40. The summed E-state index contributed by atoms with van der Waals surface area (Å²) in [5.41, 5.74) is -0.904. The molecule has 25 heavy (non-hydrogen) atoms. The lowest BCUT2D eigenvalue weighted by molar-refractivity contribution is -0.145. The lowest BCUT2D eigenvalue weighted by atomic mass is 9.89. The Morgan fingerprint density at radius 2 is 1.80 bits per heavy atom. The molecule has 2 amide bonds. The molecule has 1 aromatic carbocycles. The lowest BCUT2D eigenvalue weighted by Gasteiger charge is -2.36. The quantitative estimate of drug-likeness (QED) is 0.493. The third kappa shape index (κ3) is 4.91. The highest BCUT2D eigenvalue weighted by Crippen LogP contribution is 2.25. The van der Waals surface area contributed by atoms with Gasteiger partial charge in [0.1, 0.15) is 5.60 Å². The maximum absolute atomic E-state index is 12.6. The van der Waals surface area contributed by atoms with Gasteiger partial charge in [0.05, 0.1) is 18.8 Å². The highest BCUT2D eigenvalue weighted by molar-refractivity contribution is 5.85. The molecule has 8 nitrogen and oxygen atoms in total. The van der Waals surface area contributed by atoms with E-state index in [4.69, 9.17) is 10.2 Å². The van der Waals surface area contributed by atoms with Crippen molar-refractivity contribution in [1.29, 1.82) is 0 Å². The second-order valence-corrected chi connectivity index (χ2v) is 6.31. The number of hydrogen-bond acceptors (Lipinski definition) is 5. The van der Waals surface area contributed by atoms with E-state index in [0.717, 1.165) is 10.5 Å². The van der Waals surface area contributed by atoms with Crippen LogP contribution in [0.25, 0.3) is 0 Å². The fraction of sp³-hybridized carbons (Fsp3) is 0.529. The summed E-state index contributed by atoms with van der Waals surface area (Å²) in [7, 11) is 0. The van der Waals surface area contributed by atoms with Gasteiger partial charge in [0, 0.05) is 25.9 Å². The Balaban J connectivity index is 2.07. The van der Waals surface area contributed by atoms with Gasteiger partial charge in [0.2, 0.25) is 0 Å². The van der Waals surface area contributed by atoms with Crippen molar-refractivity contribution < 1.29 is 30.0 Å². The van der Waals surface area contributed by atoms with E-state index in [-0.39, 0.29) is 32.4 Å². The van der Waals surface area contributed by atoms with Crippen molar-refractivity contribution in [3.05, 3.63) is 35.9 Å². The minimum atomic E-state index is -1.65. The molecule has 1 aliphatic heterocycles. The molecule has 1 fully saturated rings. The normalized spacial score (nSPS) is 19.1. The second kappa shape index (κ2) is 8.28. The van der Waals surface area contributed by atoms with Crippen LogP contribution in [0.1, 0.15) is 30.9 Å². The van der Waals surface area contributed by atoms with Crippen LogP contribution in [0.15, 0.2) is 30.3 Å². The SMILES string of the molecule is O=C(O)N1CCC(O)(C(=O)N[C@@H](CC(O)CO)c2ccccc2)CC1. The van der Waals surface area contributed by atoms with E-state index in [1.54, 1.807) is 24.3 Å². The molecule has 2 rings (SSSR count). The fourth-order valence-corrected chi connectivity index (χ4v) is 2.90. The Hall–Kier alpha value is -2.16. The van der Waals surface area contributed by atoms with Gasteiger partial charge in [-0.2, -0.15) is 0 Å². The average molecular weight is 352 g/mol. The number of rotatable bonds is 6. The number of carbonyl (C=O) groups is 2. The molecule has 138 valence electrons. The highest BCUT2D eigenvalue weighted by atomic mass is 16.4. The van der Waals surface area contributed by atoms with Crippen molar-refractivity contribution in [1.82, 2.24) is 10.2 Å².